The highest BCUT2D eigenvalue weighted by Crippen LogP contribution is 2.44. The predicted molar refractivity (Wildman–Crippen MR) is 244 cm³/mol. The fourth-order valence-electron chi connectivity index (χ4n) is 8.82. The predicted octanol–water partition coefficient (Wildman–Crippen LogP) is 14.7. The quantitative estimate of drug-likeness (QED) is 0.164. The molecule has 0 aliphatic heterocycles. The number of furan rings is 1. The van der Waals surface area contributed by atoms with Gasteiger partial charge < -0.3 is 4.42 Å². The Morgan fingerprint density at radius 3 is 1.71 bits per heavy atom. The average molecular weight is 752 g/mol. The van der Waals surface area contributed by atoms with Crippen LogP contribution in [0.1, 0.15) is 0 Å². The summed E-state index contributed by atoms with van der Waals surface area (Å²) in [6.07, 6.45) is 0. The molecule has 12 rings (SSSR count). The molecule has 0 atom stereocenters. The molecule has 12 aromatic rings. The van der Waals surface area contributed by atoms with E-state index in [2.05, 4.69) is 188 Å². The number of rotatable bonds is 5. The molecule has 59 heavy (non-hydrogen) atoms. The topological polar surface area (TPSA) is 51.8 Å². The number of hydrogen-bond donors (Lipinski definition) is 0. The van der Waals surface area contributed by atoms with Crippen LogP contribution in [0.2, 0.25) is 0 Å². The highest BCUT2D eigenvalue weighted by Gasteiger charge is 2.23. The van der Waals surface area contributed by atoms with Crippen LogP contribution in [0.4, 0.5) is 0 Å². The maximum absolute atomic E-state index is 6.54. The van der Waals surface area contributed by atoms with Gasteiger partial charge in [0.05, 0.1) is 0 Å². The van der Waals surface area contributed by atoms with Crippen LogP contribution in [0.3, 0.4) is 0 Å². The van der Waals surface area contributed by atoms with Crippen molar-refractivity contribution in [2.45, 2.75) is 0 Å². The number of fused-ring (bicyclic) bond motifs is 8. The third-order valence-electron chi connectivity index (χ3n) is 11.7. The van der Waals surface area contributed by atoms with Gasteiger partial charge in [-0.2, -0.15) is 0 Å². The fourth-order valence-corrected chi connectivity index (χ4v) is 8.82. The van der Waals surface area contributed by atoms with Crippen LogP contribution in [0.5, 0.6) is 0 Å². The zero-order chi connectivity index (χ0) is 38.9. The standard InChI is InChI=1S/C55H33N3O/c1-2-12-34(13-3-1)37-23-24-39-31-41(26-25-38(39)30-37)44-28-29-50-51(47-20-10-11-21-49(47)59-50)52(44)55-57-53(42-27-22-35-14-4-5-15-36(35)32-42)56-54(58-55)48-33-40-16-6-7-17-43(40)45-18-8-9-19-46(45)48/h1-33H. The lowest BCUT2D eigenvalue weighted by atomic mass is 9.92. The van der Waals surface area contributed by atoms with E-state index >= 15 is 0 Å². The van der Waals surface area contributed by atoms with Gasteiger partial charge in [-0.05, 0) is 108 Å². The first kappa shape index (κ1) is 33.2. The molecule has 0 saturated heterocycles. The molecule has 10 aromatic carbocycles. The molecule has 0 N–H and O–H groups in total. The Morgan fingerprint density at radius 1 is 0.288 bits per heavy atom. The van der Waals surface area contributed by atoms with Crippen LogP contribution >= 0.6 is 0 Å². The van der Waals surface area contributed by atoms with Gasteiger partial charge in [0, 0.05) is 27.5 Å². The van der Waals surface area contributed by atoms with E-state index in [1.54, 1.807) is 0 Å². The lowest BCUT2D eigenvalue weighted by Crippen LogP contribution is -2.02. The second kappa shape index (κ2) is 13.3. The monoisotopic (exact) mass is 751 g/mol. The molecule has 4 nitrogen and oxygen atoms in total. The van der Waals surface area contributed by atoms with Crippen molar-refractivity contribution in [1.29, 1.82) is 0 Å². The number of nitrogens with zero attached hydrogens (tertiary/aromatic N) is 3. The van der Waals surface area contributed by atoms with Gasteiger partial charge >= 0.3 is 0 Å². The average Bonchev–Trinajstić information content (AvgIpc) is 3.69. The Kier molecular flexibility index (Phi) is 7.50. The first-order chi connectivity index (χ1) is 29.2. The Labute approximate surface area is 339 Å². The fraction of sp³-hybridized carbons (Fsp3) is 0. The van der Waals surface area contributed by atoms with Gasteiger partial charge in [-0.1, -0.05) is 158 Å². The third-order valence-corrected chi connectivity index (χ3v) is 11.7. The van der Waals surface area contributed by atoms with Crippen molar-refractivity contribution in [3.05, 3.63) is 200 Å². The van der Waals surface area contributed by atoms with Crippen molar-refractivity contribution < 1.29 is 4.42 Å². The molecule has 0 unspecified atom stereocenters. The van der Waals surface area contributed by atoms with E-state index in [0.717, 1.165) is 82.1 Å². The van der Waals surface area contributed by atoms with Crippen LogP contribution in [0, 0.1) is 0 Å². The minimum Gasteiger partial charge on any atom is -0.456 e. The van der Waals surface area contributed by atoms with E-state index in [0.29, 0.717) is 17.5 Å². The van der Waals surface area contributed by atoms with E-state index in [4.69, 9.17) is 19.4 Å². The van der Waals surface area contributed by atoms with Crippen molar-refractivity contribution in [1.82, 2.24) is 15.0 Å². The minimum absolute atomic E-state index is 0.585. The molecule has 0 radical (unpaired) electrons. The molecule has 2 heterocycles. The van der Waals surface area contributed by atoms with Gasteiger partial charge in [0.2, 0.25) is 0 Å². The summed E-state index contributed by atoms with van der Waals surface area (Å²) in [5.74, 6) is 1.81. The molecule has 0 bridgehead atoms. The molecule has 0 spiro atoms. The smallest absolute Gasteiger partial charge is 0.165 e. The van der Waals surface area contributed by atoms with Gasteiger partial charge in [0.1, 0.15) is 11.2 Å². The molecule has 274 valence electrons. The zero-order valence-corrected chi connectivity index (χ0v) is 31.8. The Hall–Kier alpha value is -7.95. The Morgan fingerprint density at radius 2 is 0.864 bits per heavy atom. The lowest BCUT2D eigenvalue weighted by molar-refractivity contribution is 0.669. The van der Waals surface area contributed by atoms with Crippen molar-refractivity contribution in [2.75, 3.05) is 0 Å². The maximum Gasteiger partial charge on any atom is 0.165 e. The Bertz CT molecular complexity index is 3620. The second-order valence-electron chi connectivity index (χ2n) is 15.2. The summed E-state index contributed by atoms with van der Waals surface area (Å²) in [5, 5.41) is 11.2. The Balaban J connectivity index is 1.15. The minimum atomic E-state index is 0.585. The molecular formula is C55H33N3O. The number of aromatic nitrogens is 3. The van der Waals surface area contributed by atoms with Gasteiger partial charge in [-0.25, -0.2) is 15.0 Å². The zero-order valence-electron chi connectivity index (χ0n) is 31.8. The van der Waals surface area contributed by atoms with E-state index in [1.807, 2.05) is 12.1 Å². The van der Waals surface area contributed by atoms with Crippen LogP contribution < -0.4 is 0 Å². The first-order valence-corrected chi connectivity index (χ1v) is 19.9. The molecule has 0 aliphatic carbocycles. The maximum atomic E-state index is 6.54. The number of hydrogen-bond acceptors (Lipinski definition) is 4. The molecule has 0 amide bonds. The summed E-state index contributed by atoms with van der Waals surface area (Å²) in [5.41, 5.74) is 8.85. The summed E-state index contributed by atoms with van der Waals surface area (Å²) < 4.78 is 6.54. The van der Waals surface area contributed by atoms with E-state index < -0.39 is 0 Å². The summed E-state index contributed by atoms with van der Waals surface area (Å²) in [6.45, 7) is 0. The molecule has 2 aromatic heterocycles. The van der Waals surface area contributed by atoms with E-state index in [1.165, 1.54) is 21.9 Å². The van der Waals surface area contributed by atoms with Crippen molar-refractivity contribution in [3.8, 4) is 56.4 Å². The number of benzene rings is 10. The molecular weight excluding hydrogens is 719 g/mol. The van der Waals surface area contributed by atoms with Gasteiger partial charge in [-0.15, -0.1) is 0 Å². The summed E-state index contributed by atoms with van der Waals surface area (Å²) in [7, 11) is 0. The summed E-state index contributed by atoms with van der Waals surface area (Å²) in [4.78, 5) is 16.2. The van der Waals surface area contributed by atoms with Gasteiger partial charge in [0.15, 0.2) is 17.5 Å². The van der Waals surface area contributed by atoms with Crippen LogP contribution in [0.15, 0.2) is 205 Å². The lowest BCUT2D eigenvalue weighted by Gasteiger charge is -2.15. The summed E-state index contributed by atoms with van der Waals surface area (Å²) >= 11 is 0. The highest BCUT2D eigenvalue weighted by atomic mass is 16.3. The molecule has 4 heteroatoms. The molecule has 0 saturated carbocycles. The summed E-state index contributed by atoms with van der Waals surface area (Å²) in [6, 6.07) is 70.6. The highest BCUT2D eigenvalue weighted by molar-refractivity contribution is 6.16. The van der Waals surface area contributed by atoms with Crippen LogP contribution in [0.25, 0.3) is 121 Å². The van der Waals surface area contributed by atoms with Gasteiger partial charge in [-0.3, -0.25) is 0 Å². The first-order valence-electron chi connectivity index (χ1n) is 19.9. The largest absolute Gasteiger partial charge is 0.456 e. The molecule has 0 fully saturated rings. The van der Waals surface area contributed by atoms with E-state index in [-0.39, 0.29) is 0 Å². The van der Waals surface area contributed by atoms with Crippen molar-refractivity contribution in [2.24, 2.45) is 0 Å². The van der Waals surface area contributed by atoms with E-state index in [9.17, 15) is 0 Å². The van der Waals surface area contributed by atoms with Crippen molar-refractivity contribution >= 4 is 65.0 Å². The van der Waals surface area contributed by atoms with Crippen LogP contribution in [-0.4, -0.2) is 15.0 Å². The third kappa shape index (κ3) is 5.57. The SMILES string of the molecule is c1ccc(-c2ccc3cc(-c4ccc5oc6ccccc6c5c4-c4nc(-c5ccc6ccccc6c5)nc(-c5cc6ccccc6c6ccccc56)n4)ccc3c2)cc1. The second-order valence-corrected chi connectivity index (χ2v) is 15.2. The number of para-hydroxylation sites is 1. The van der Waals surface area contributed by atoms with Crippen LogP contribution in [-0.2, 0) is 0 Å². The normalized spacial score (nSPS) is 11.7. The van der Waals surface area contributed by atoms with Gasteiger partial charge in [0.25, 0.3) is 0 Å². The molecule has 0 aliphatic rings. The van der Waals surface area contributed by atoms with Crippen molar-refractivity contribution in [3.63, 3.8) is 0 Å².